The third-order valence-corrected chi connectivity index (χ3v) is 4.79. The topological polar surface area (TPSA) is 27.7 Å². The Hall–Kier alpha value is -1.24. The minimum Gasteiger partial charge on any atom is -0.398 e. The first kappa shape index (κ1) is 20.1. The maximum Gasteiger partial charge on any atom is 0.525 e. The van der Waals surface area contributed by atoms with E-state index in [1.807, 2.05) is 34.6 Å². The van der Waals surface area contributed by atoms with Crippen LogP contribution < -0.4 is 0 Å². The Balaban J connectivity index is 2.29. The number of hydrogen-bond acceptors (Lipinski definition) is 3. The number of ether oxygens (including phenoxy) is 1. The van der Waals surface area contributed by atoms with Crippen LogP contribution in [0.3, 0.4) is 0 Å². The van der Waals surface area contributed by atoms with E-state index < -0.39 is 24.0 Å². The summed E-state index contributed by atoms with van der Waals surface area (Å²) in [4.78, 5) is 0. The lowest BCUT2D eigenvalue weighted by Gasteiger charge is -2.32. The Bertz CT molecular complexity index is 596. The molecule has 0 spiro atoms. The summed E-state index contributed by atoms with van der Waals surface area (Å²) in [6.07, 6.45) is 1.26. The molecule has 1 aromatic rings. The molecule has 1 saturated heterocycles. The molecule has 1 fully saturated rings. The fourth-order valence-electron chi connectivity index (χ4n) is 2.56. The summed E-state index contributed by atoms with van der Waals surface area (Å²) >= 11 is 0. The molecule has 2 rings (SSSR count). The van der Waals surface area contributed by atoms with Crippen LogP contribution in [0.2, 0.25) is 0 Å². The van der Waals surface area contributed by atoms with Gasteiger partial charge >= 0.3 is 7.12 Å². The van der Waals surface area contributed by atoms with E-state index in [1.54, 1.807) is 12.1 Å². The normalized spacial score (nSPS) is 19.9. The fraction of sp³-hybridized carbons (Fsp3) is 0.579. The molecule has 138 valence electrons. The first-order valence-corrected chi connectivity index (χ1v) is 8.76. The lowest BCUT2D eigenvalue weighted by Crippen LogP contribution is -2.41. The van der Waals surface area contributed by atoms with Crippen LogP contribution in [0.4, 0.5) is 8.78 Å². The second kappa shape index (κ2) is 7.98. The van der Waals surface area contributed by atoms with Crippen LogP contribution in [-0.4, -0.2) is 31.5 Å². The first-order valence-electron chi connectivity index (χ1n) is 8.76. The van der Waals surface area contributed by atoms with Crippen LogP contribution in [0.1, 0.15) is 53.0 Å². The standard InChI is InChI=1S/C19H27BF2O3/c1-6-12-23-13-11-16(14-7-9-15(21)10-8-14)17(22)20-24-18(2,3)19(4,5)25-20/h7-10H,6,11-13H2,1-5H3. The maximum atomic E-state index is 15.2. The van der Waals surface area contributed by atoms with Gasteiger partial charge < -0.3 is 14.0 Å². The van der Waals surface area contributed by atoms with Gasteiger partial charge in [-0.15, -0.1) is 0 Å². The van der Waals surface area contributed by atoms with Gasteiger partial charge in [-0.05, 0) is 63.8 Å². The van der Waals surface area contributed by atoms with Crippen molar-refractivity contribution in [2.75, 3.05) is 13.2 Å². The molecule has 1 aromatic carbocycles. The maximum absolute atomic E-state index is 15.2. The van der Waals surface area contributed by atoms with Crippen molar-refractivity contribution in [3.8, 4) is 0 Å². The molecule has 1 aliphatic heterocycles. The van der Waals surface area contributed by atoms with E-state index in [9.17, 15) is 4.39 Å². The second-order valence-electron chi connectivity index (χ2n) is 7.28. The molecule has 0 atom stereocenters. The molecule has 6 heteroatoms. The van der Waals surface area contributed by atoms with Crippen LogP contribution in [0.25, 0.3) is 5.57 Å². The summed E-state index contributed by atoms with van der Waals surface area (Å²) in [7, 11) is -1.07. The Morgan fingerprint density at radius 3 is 2.12 bits per heavy atom. The molecule has 0 N–H and O–H groups in total. The summed E-state index contributed by atoms with van der Waals surface area (Å²) < 4.78 is 45.6. The molecule has 25 heavy (non-hydrogen) atoms. The SMILES string of the molecule is CCCOCCC(=C(F)B1OC(C)(C)C(C)(C)O1)c1ccc(F)cc1. The monoisotopic (exact) mass is 352 g/mol. The van der Waals surface area contributed by atoms with E-state index in [1.165, 1.54) is 12.1 Å². The Kier molecular flexibility index (Phi) is 6.41. The predicted molar refractivity (Wildman–Crippen MR) is 96.2 cm³/mol. The highest BCUT2D eigenvalue weighted by atomic mass is 19.1. The van der Waals surface area contributed by atoms with Gasteiger partial charge in [0.1, 0.15) is 11.5 Å². The number of benzene rings is 1. The molecular formula is C19H27BF2O3. The van der Waals surface area contributed by atoms with Gasteiger partial charge in [0.2, 0.25) is 0 Å². The van der Waals surface area contributed by atoms with E-state index in [0.29, 0.717) is 30.8 Å². The Morgan fingerprint density at radius 1 is 1.04 bits per heavy atom. The molecule has 0 amide bonds. The highest BCUT2D eigenvalue weighted by Crippen LogP contribution is 2.40. The molecule has 0 saturated carbocycles. The average molecular weight is 352 g/mol. The Morgan fingerprint density at radius 2 is 1.60 bits per heavy atom. The third kappa shape index (κ3) is 4.69. The summed E-state index contributed by atoms with van der Waals surface area (Å²) in [5.41, 5.74) is -0.697. The van der Waals surface area contributed by atoms with Crippen molar-refractivity contribution in [1.29, 1.82) is 0 Å². The zero-order valence-corrected chi connectivity index (χ0v) is 15.7. The van der Waals surface area contributed by atoms with Crippen molar-refractivity contribution in [2.45, 2.75) is 58.7 Å². The fourth-order valence-corrected chi connectivity index (χ4v) is 2.56. The molecule has 0 radical (unpaired) electrons. The quantitative estimate of drug-likeness (QED) is 0.513. The van der Waals surface area contributed by atoms with Gasteiger partial charge in [0.05, 0.1) is 17.8 Å². The number of halogens is 2. The van der Waals surface area contributed by atoms with Crippen LogP contribution in [0.15, 0.2) is 30.0 Å². The van der Waals surface area contributed by atoms with Crippen molar-refractivity contribution in [3.63, 3.8) is 0 Å². The molecule has 1 aliphatic rings. The van der Waals surface area contributed by atoms with Gasteiger partial charge in [0, 0.05) is 6.61 Å². The highest BCUT2D eigenvalue weighted by molar-refractivity contribution is 6.55. The van der Waals surface area contributed by atoms with Crippen molar-refractivity contribution >= 4 is 12.7 Å². The van der Waals surface area contributed by atoms with E-state index in [0.717, 1.165) is 6.42 Å². The third-order valence-electron chi connectivity index (χ3n) is 4.79. The molecule has 3 nitrogen and oxygen atoms in total. The van der Waals surface area contributed by atoms with Gasteiger partial charge in [0.15, 0.2) is 0 Å². The predicted octanol–water partition coefficient (Wildman–Crippen LogP) is 4.95. The van der Waals surface area contributed by atoms with Gasteiger partial charge in [0.25, 0.3) is 0 Å². The van der Waals surface area contributed by atoms with Crippen molar-refractivity contribution in [2.24, 2.45) is 0 Å². The van der Waals surface area contributed by atoms with E-state index in [-0.39, 0.29) is 5.82 Å². The van der Waals surface area contributed by atoms with Gasteiger partial charge in [-0.1, -0.05) is 19.1 Å². The van der Waals surface area contributed by atoms with Gasteiger partial charge in [-0.2, -0.15) is 0 Å². The minimum atomic E-state index is -1.07. The molecular weight excluding hydrogens is 325 g/mol. The Labute approximate surface area is 149 Å². The van der Waals surface area contributed by atoms with Crippen LogP contribution in [0.5, 0.6) is 0 Å². The van der Waals surface area contributed by atoms with Crippen LogP contribution in [-0.2, 0) is 14.0 Å². The smallest absolute Gasteiger partial charge is 0.398 e. The molecule has 0 bridgehead atoms. The average Bonchev–Trinajstić information content (AvgIpc) is 2.76. The summed E-state index contributed by atoms with van der Waals surface area (Å²) in [6.45, 7) is 10.5. The van der Waals surface area contributed by atoms with Crippen molar-refractivity contribution in [1.82, 2.24) is 0 Å². The molecule has 0 aromatic heterocycles. The van der Waals surface area contributed by atoms with Crippen molar-refractivity contribution in [3.05, 3.63) is 41.4 Å². The molecule has 1 heterocycles. The van der Waals surface area contributed by atoms with Gasteiger partial charge in [-0.25, -0.2) is 8.78 Å². The second-order valence-corrected chi connectivity index (χ2v) is 7.28. The number of hydrogen-bond donors (Lipinski definition) is 0. The van der Waals surface area contributed by atoms with Gasteiger partial charge in [-0.3, -0.25) is 0 Å². The van der Waals surface area contributed by atoms with Crippen LogP contribution in [0, 0.1) is 5.82 Å². The van der Waals surface area contributed by atoms with Crippen LogP contribution >= 0.6 is 0 Å². The zero-order chi connectivity index (χ0) is 18.7. The minimum absolute atomic E-state index is 0.360. The first-order chi connectivity index (χ1) is 11.7. The zero-order valence-electron chi connectivity index (χ0n) is 15.7. The largest absolute Gasteiger partial charge is 0.525 e. The highest BCUT2D eigenvalue weighted by Gasteiger charge is 2.53. The van der Waals surface area contributed by atoms with E-state index >= 15 is 4.39 Å². The summed E-state index contributed by atoms with van der Waals surface area (Å²) in [5.74, 6) is -0.360. The van der Waals surface area contributed by atoms with E-state index in [4.69, 9.17) is 14.0 Å². The summed E-state index contributed by atoms with van der Waals surface area (Å²) in [6, 6.07) is 5.77. The van der Waals surface area contributed by atoms with Crippen molar-refractivity contribution < 1.29 is 22.8 Å². The lowest BCUT2D eigenvalue weighted by atomic mass is 9.82. The lowest BCUT2D eigenvalue weighted by molar-refractivity contribution is 0.00578. The summed E-state index contributed by atoms with van der Waals surface area (Å²) in [5, 5.41) is 0. The van der Waals surface area contributed by atoms with E-state index in [2.05, 4.69) is 0 Å². The number of rotatable bonds is 7. The molecule has 0 aliphatic carbocycles. The molecule has 0 unspecified atom stereocenters.